The Morgan fingerprint density at radius 1 is 1.65 bits per heavy atom. The van der Waals surface area contributed by atoms with Crippen molar-refractivity contribution in [1.82, 2.24) is 5.32 Å². The van der Waals surface area contributed by atoms with Crippen LogP contribution in [-0.2, 0) is 11.2 Å². The van der Waals surface area contributed by atoms with E-state index in [0.717, 1.165) is 31.1 Å². The second-order valence-electron chi connectivity index (χ2n) is 4.08. The molecule has 1 aliphatic rings. The van der Waals surface area contributed by atoms with E-state index in [-0.39, 0.29) is 0 Å². The maximum atomic E-state index is 5.88. The predicted octanol–water partition coefficient (Wildman–Crippen LogP) is 3.16. The van der Waals surface area contributed by atoms with Crippen LogP contribution in [0.5, 0.6) is 0 Å². The van der Waals surface area contributed by atoms with E-state index in [4.69, 9.17) is 4.74 Å². The minimum Gasteiger partial charge on any atom is -0.375 e. The van der Waals surface area contributed by atoms with Gasteiger partial charge in [-0.15, -0.1) is 11.3 Å². The highest BCUT2D eigenvalue weighted by molar-refractivity contribution is 9.10. The SMILES string of the molecule is CCNC(Cc1cc(Br)cs1)C1CSCCO1. The Balaban J connectivity index is 1.95. The van der Waals surface area contributed by atoms with Crippen LogP contribution in [0, 0.1) is 0 Å². The quantitative estimate of drug-likeness (QED) is 0.892. The van der Waals surface area contributed by atoms with Gasteiger partial charge in [0.1, 0.15) is 0 Å². The van der Waals surface area contributed by atoms with Crippen molar-refractivity contribution in [1.29, 1.82) is 0 Å². The number of ether oxygens (including phenoxy) is 1. The van der Waals surface area contributed by atoms with E-state index in [1.165, 1.54) is 9.35 Å². The predicted molar refractivity (Wildman–Crippen MR) is 80.3 cm³/mol. The number of hydrogen-bond donors (Lipinski definition) is 1. The zero-order valence-electron chi connectivity index (χ0n) is 9.95. The molecule has 1 saturated heterocycles. The molecule has 2 nitrogen and oxygen atoms in total. The van der Waals surface area contributed by atoms with E-state index in [0.29, 0.717) is 12.1 Å². The molecule has 0 aliphatic carbocycles. The molecule has 0 bridgehead atoms. The molecule has 1 aromatic rings. The molecule has 0 radical (unpaired) electrons. The van der Waals surface area contributed by atoms with Crippen LogP contribution < -0.4 is 5.32 Å². The largest absolute Gasteiger partial charge is 0.375 e. The van der Waals surface area contributed by atoms with Gasteiger partial charge in [0, 0.05) is 32.3 Å². The molecule has 5 heteroatoms. The van der Waals surface area contributed by atoms with Crippen LogP contribution in [-0.4, -0.2) is 36.8 Å². The third kappa shape index (κ3) is 4.24. The second-order valence-corrected chi connectivity index (χ2v) is 7.14. The normalized spacial score (nSPS) is 22.6. The lowest BCUT2D eigenvalue weighted by Crippen LogP contribution is -2.46. The van der Waals surface area contributed by atoms with Gasteiger partial charge in [-0.05, 0) is 35.0 Å². The molecule has 0 spiro atoms. The molecular formula is C12H18BrNOS2. The third-order valence-electron chi connectivity index (χ3n) is 2.80. The lowest BCUT2D eigenvalue weighted by atomic mass is 10.1. The highest BCUT2D eigenvalue weighted by Crippen LogP contribution is 2.24. The van der Waals surface area contributed by atoms with Crippen molar-refractivity contribution in [3.05, 3.63) is 20.8 Å². The van der Waals surface area contributed by atoms with Crippen molar-refractivity contribution < 1.29 is 4.74 Å². The van der Waals surface area contributed by atoms with Gasteiger partial charge >= 0.3 is 0 Å². The summed E-state index contributed by atoms with van der Waals surface area (Å²) in [6.45, 7) is 4.06. The fourth-order valence-electron chi connectivity index (χ4n) is 2.01. The van der Waals surface area contributed by atoms with Gasteiger partial charge in [-0.25, -0.2) is 0 Å². The molecule has 1 fully saturated rings. The van der Waals surface area contributed by atoms with Crippen molar-refractivity contribution in [3.63, 3.8) is 0 Å². The molecule has 0 aromatic carbocycles. The van der Waals surface area contributed by atoms with Crippen molar-refractivity contribution in [2.24, 2.45) is 0 Å². The lowest BCUT2D eigenvalue weighted by molar-refractivity contribution is 0.0478. The fourth-order valence-corrected chi connectivity index (χ4v) is 4.47. The average Bonchev–Trinajstić information content (AvgIpc) is 2.75. The fraction of sp³-hybridized carbons (Fsp3) is 0.667. The van der Waals surface area contributed by atoms with E-state index >= 15 is 0 Å². The van der Waals surface area contributed by atoms with Crippen molar-refractivity contribution >= 4 is 39.0 Å². The number of thiophene rings is 1. The zero-order valence-corrected chi connectivity index (χ0v) is 13.2. The highest BCUT2D eigenvalue weighted by Gasteiger charge is 2.24. The molecule has 2 heterocycles. The number of rotatable bonds is 5. The summed E-state index contributed by atoms with van der Waals surface area (Å²) < 4.78 is 7.07. The summed E-state index contributed by atoms with van der Waals surface area (Å²) in [7, 11) is 0. The summed E-state index contributed by atoms with van der Waals surface area (Å²) in [5.74, 6) is 2.25. The third-order valence-corrected chi connectivity index (χ3v) is 5.54. The Hall–Kier alpha value is 0.450. The maximum Gasteiger partial charge on any atom is 0.0822 e. The number of nitrogens with one attached hydrogen (secondary N) is 1. The molecule has 1 N–H and O–H groups in total. The molecule has 2 rings (SSSR count). The summed E-state index contributed by atoms with van der Waals surface area (Å²) in [6.07, 6.45) is 1.42. The van der Waals surface area contributed by atoms with Crippen LogP contribution in [0.4, 0.5) is 0 Å². The standard InChI is InChI=1S/C12H18BrNOS2/c1-2-14-11(12-8-16-4-3-15-12)6-10-5-9(13)7-17-10/h5,7,11-12,14H,2-4,6,8H2,1H3. The molecule has 96 valence electrons. The molecule has 2 unspecified atom stereocenters. The Morgan fingerprint density at radius 2 is 2.53 bits per heavy atom. The monoisotopic (exact) mass is 335 g/mol. The molecule has 1 aromatic heterocycles. The molecule has 2 atom stereocenters. The van der Waals surface area contributed by atoms with Crippen LogP contribution >= 0.6 is 39.0 Å². The minimum atomic E-state index is 0.356. The van der Waals surface area contributed by atoms with Crippen molar-refractivity contribution in [2.75, 3.05) is 24.7 Å². The Bertz CT molecular complexity index is 339. The van der Waals surface area contributed by atoms with Crippen molar-refractivity contribution in [3.8, 4) is 0 Å². The van der Waals surface area contributed by atoms with Crippen molar-refractivity contribution in [2.45, 2.75) is 25.5 Å². The first-order valence-corrected chi connectivity index (χ1v) is 8.78. The first-order valence-electron chi connectivity index (χ1n) is 5.95. The Kier molecular flexibility index (Phi) is 5.83. The molecular weight excluding hydrogens is 318 g/mol. The summed E-state index contributed by atoms with van der Waals surface area (Å²) in [5.41, 5.74) is 0. The smallest absolute Gasteiger partial charge is 0.0822 e. The van der Waals surface area contributed by atoms with Gasteiger partial charge < -0.3 is 10.1 Å². The van der Waals surface area contributed by atoms with Crippen LogP contribution in [0.25, 0.3) is 0 Å². The number of likely N-dealkylation sites (N-methyl/N-ethyl adjacent to an activating group) is 1. The van der Waals surface area contributed by atoms with Gasteiger partial charge in [0.25, 0.3) is 0 Å². The summed E-state index contributed by atoms with van der Waals surface area (Å²) in [4.78, 5) is 1.42. The van der Waals surface area contributed by atoms with Gasteiger partial charge in [-0.1, -0.05) is 6.92 Å². The molecule has 1 aliphatic heterocycles. The molecule has 0 amide bonds. The minimum absolute atomic E-state index is 0.356. The average molecular weight is 336 g/mol. The van der Waals surface area contributed by atoms with Gasteiger partial charge in [-0.3, -0.25) is 0 Å². The van der Waals surface area contributed by atoms with Crippen LogP contribution in [0.3, 0.4) is 0 Å². The Labute approximate surface area is 120 Å². The first kappa shape index (κ1) is 13.9. The number of hydrogen-bond acceptors (Lipinski definition) is 4. The summed E-state index contributed by atoms with van der Waals surface area (Å²) in [6, 6.07) is 2.66. The van der Waals surface area contributed by atoms with E-state index in [9.17, 15) is 0 Å². The topological polar surface area (TPSA) is 21.3 Å². The van der Waals surface area contributed by atoms with E-state index < -0.39 is 0 Å². The highest BCUT2D eigenvalue weighted by atomic mass is 79.9. The van der Waals surface area contributed by atoms with Gasteiger partial charge in [0.2, 0.25) is 0 Å². The first-order chi connectivity index (χ1) is 8.29. The van der Waals surface area contributed by atoms with Crippen LogP contribution in [0.2, 0.25) is 0 Å². The maximum absolute atomic E-state index is 5.88. The van der Waals surface area contributed by atoms with Gasteiger partial charge in [-0.2, -0.15) is 11.8 Å². The Morgan fingerprint density at radius 3 is 3.12 bits per heavy atom. The second kappa shape index (κ2) is 7.14. The van der Waals surface area contributed by atoms with E-state index in [2.05, 4.69) is 39.6 Å². The van der Waals surface area contributed by atoms with E-state index in [1.807, 2.05) is 23.1 Å². The number of thioether (sulfide) groups is 1. The lowest BCUT2D eigenvalue weighted by Gasteiger charge is -2.30. The van der Waals surface area contributed by atoms with Gasteiger partial charge in [0.05, 0.1) is 12.7 Å². The summed E-state index contributed by atoms with van der Waals surface area (Å²) >= 11 is 7.33. The number of halogens is 1. The van der Waals surface area contributed by atoms with Gasteiger partial charge in [0.15, 0.2) is 0 Å². The summed E-state index contributed by atoms with van der Waals surface area (Å²) in [5, 5.41) is 5.71. The zero-order chi connectivity index (χ0) is 12.1. The molecule has 17 heavy (non-hydrogen) atoms. The van der Waals surface area contributed by atoms with Crippen LogP contribution in [0.15, 0.2) is 15.9 Å². The van der Waals surface area contributed by atoms with E-state index in [1.54, 1.807) is 0 Å². The molecule has 0 saturated carbocycles. The van der Waals surface area contributed by atoms with Crippen LogP contribution in [0.1, 0.15) is 11.8 Å².